The first-order valence-electron chi connectivity index (χ1n) is 4.04. The first kappa shape index (κ1) is 11.5. The summed E-state index contributed by atoms with van der Waals surface area (Å²) < 4.78 is 0. The van der Waals surface area contributed by atoms with Gasteiger partial charge in [-0.3, -0.25) is 0 Å². The van der Waals surface area contributed by atoms with Crippen molar-refractivity contribution in [2.45, 2.75) is 19.4 Å². The minimum atomic E-state index is 0. The summed E-state index contributed by atoms with van der Waals surface area (Å²) in [5, 5.41) is 3.21. The highest BCUT2D eigenvalue weighted by atomic mass is 35.5. The molecule has 1 aromatic carbocycles. The fourth-order valence-corrected chi connectivity index (χ4v) is 1.07. The van der Waals surface area contributed by atoms with Crippen LogP contribution in [0.1, 0.15) is 12.5 Å². The van der Waals surface area contributed by atoms with Gasteiger partial charge >= 0.3 is 0 Å². The molecule has 1 rings (SSSR count). The molecule has 1 atom stereocenters. The van der Waals surface area contributed by atoms with Crippen LogP contribution < -0.4 is 5.32 Å². The number of benzene rings is 1. The van der Waals surface area contributed by atoms with Gasteiger partial charge in [0.2, 0.25) is 0 Å². The van der Waals surface area contributed by atoms with E-state index in [1.807, 2.05) is 13.1 Å². The van der Waals surface area contributed by atoms with Crippen molar-refractivity contribution in [2.24, 2.45) is 0 Å². The maximum absolute atomic E-state index is 3.21. The Labute approximate surface area is 80.6 Å². The summed E-state index contributed by atoms with van der Waals surface area (Å²) in [6.07, 6.45) is 1.11. The minimum Gasteiger partial charge on any atom is -0.317 e. The molecule has 0 bridgehead atoms. The molecule has 0 heterocycles. The third kappa shape index (κ3) is 3.74. The normalized spacial score (nSPS) is 11.8. The van der Waals surface area contributed by atoms with Gasteiger partial charge in [-0.15, -0.1) is 12.4 Å². The van der Waals surface area contributed by atoms with Gasteiger partial charge < -0.3 is 5.32 Å². The number of likely N-dealkylation sites (N-methyl/N-ethyl adjacent to an activating group) is 1. The van der Waals surface area contributed by atoms with Crippen LogP contribution in [0, 0.1) is 0 Å². The van der Waals surface area contributed by atoms with Crippen LogP contribution in [0.2, 0.25) is 0 Å². The SMILES string of the molecule is CN[C@H](C)Cc1ccccc1.Cl. The van der Waals surface area contributed by atoms with E-state index in [1.165, 1.54) is 5.56 Å². The molecule has 0 aliphatic heterocycles. The van der Waals surface area contributed by atoms with Crippen LogP contribution in [0.4, 0.5) is 0 Å². The standard InChI is InChI=1S/C10H15N.ClH/c1-9(11-2)8-10-6-4-3-5-7-10;/h3-7,9,11H,8H2,1-2H3;1H/t9-;/m1./s1. The number of hydrogen-bond donors (Lipinski definition) is 1. The van der Waals surface area contributed by atoms with Crippen LogP contribution in [0.25, 0.3) is 0 Å². The maximum Gasteiger partial charge on any atom is 0.00761 e. The second-order valence-electron chi connectivity index (χ2n) is 2.88. The number of halogens is 1. The Morgan fingerprint density at radius 3 is 2.33 bits per heavy atom. The summed E-state index contributed by atoms with van der Waals surface area (Å²) in [5.41, 5.74) is 1.40. The van der Waals surface area contributed by atoms with E-state index in [0.717, 1.165) is 6.42 Å². The molecule has 1 N–H and O–H groups in total. The smallest absolute Gasteiger partial charge is 0.00761 e. The molecule has 0 saturated heterocycles. The molecule has 0 aliphatic carbocycles. The van der Waals surface area contributed by atoms with Crippen molar-refractivity contribution < 1.29 is 0 Å². The van der Waals surface area contributed by atoms with Crippen molar-refractivity contribution in [3.05, 3.63) is 35.9 Å². The van der Waals surface area contributed by atoms with Crippen LogP contribution in [0.3, 0.4) is 0 Å². The Morgan fingerprint density at radius 1 is 1.25 bits per heavy atom. The fourth-order valence-electron chi connectivity index (χ4n) is 1.07. The number of nitrogens with one attached hydrogen (secondary N) is 1. The summed E-state index contributed by atoms with van der Waals surface area (Å²) >= 11 is 0. The van der Waals surface area contributed by atoms with Crippen molar-refractivity contribution in [2.75, 3.05) is 7.05 Å². The molecule has 0 amide bonds. The van der Waals surface area contributed by atoms with E-state index >= 15 is 0 Å². The molecule has 2 heteroatoms. The Balaban J connectivity index is 0.00000121. The highest BCUT2D eigenvalue weighted by Crippen LogP contribution is 2.01. The molecule has 0 spiro atoms. The molecular formula is C10H16ClN. The lowest BCUT2D eigenvalue weighted by molar-refractivity contribution is 0.608. The van der Waals surface area contributed by atoms with Crippen molar-refractivity contribution >= 4 is 12.4 Å². The zero-order valence-electron chi connectivity index (χ0n) is 7.58. The van der Waals surface area contributed by atoms with E-state index in [2.05, 4.69) is 36.5 Å². The van der Waals surface area contributed by atoms with Crippen molar-refractivity contribution in [1.29, 1.82) is 0 Å². The molecule has 0 unspecified atom stereocenters. The van der Waals surface area contributed by atoms with E-state index < -0.39 is 0 Å². The average molecular weight is 186 g/mol. The third-order valence-electron chi connectivity index (χ3n) is 1.88. The van der Waals surface area contributed by atoms with Gasteiger partial charge in [0.25, 0.3) is 0 Å². The molecule has 0 fully saturated rings. The summed E-state index contributed by atoms with van der Waals surface area (Å²) in [5.74, 6) is 0. The quantitative estimate of drug-likeness (QED) is 0.762. The lowest BCUT2D eigenvalue weighted by Gasteiger charge is -2.08. The van der Waals surface area contributed by atoms with E-state index in [0.29, 0.717) is 6.04 Å². The largest absolute Gasteiger partial charge is 0.317 e. The van der Waals surface area contributed by atoms with Crippen LogP contribution in [-0.4, -0.2) is 13.1 Å². The van der Waals surface area contributed by atoms with Crippen LogP contribution in [0.5, 0.6) is 0 Å². The van der Waals surface area contributed by atoms with E-state index in [4.69, 9.17) is 0 Å². The number of hydrogen-bond acceptors (Lipinski definition) is 1. The highest BCUT2D eigenvalue weighted by Gasteiger charge is 1.97. The molecule has 1 aromatic rings. The summed E-state index contributed by atoms with van der Waals surface area (Å²) in [6.45, 7) is 2.19. The molecule has 0 aromatic heterocycles. The molecule has 68 valence electrons. The molecule has 0 saturated carbocycles. The molecule has 1 nitrogen and oxygen atoms in total. The van der Waals surface area contributed by atoms with E-state index in [-0.39, 0.29) is 12.4 Å². The van der Waals surface area contributed by atoms with Gasteiger partial charge in [-0.05, 0) is 26.0 Å². The monoisotopic (exact) mass is 185 g/mol. The van der Waals surface area contributed by atoms with E-state index in [1.54, 1.807) is 0 Å². The first-order chi connectivity index (χ1) is 5.33. The highest BCUT2D eigenvalue weighted by molar-refractivity contribution is 5.85. The fraction of sp³-hybridized carbons (Fsp3) is 0.400. The topological polar surface area (TPSA) is 12.0 Å². The van der Waals surface area contributed by atoms with Gasteiger partial charge in [-0.2, -0.15) is 0 Å². The zero-order valence-corrected chi connectivity index (χ0v) is 8.40. The van der Waals surface area contributed by atoms with Crippen molar-refractivity contribution in [1.82, 2.24) is 5.32 Å². The van der Waals surface area contributed by atoms with Gasteiger partial charge in [0.1, 0.15) is 0 Å². The predicted molar refractivity (Wildman–Crippen MR) is 55.9 cm³/mol. The molecular weight excluding hydrogens is 170 g/mol. The third-order valence-corrected chi connectivity index (χ3v) is 1.88. The van der Waals surface area contributed by atoms with Crippen LogP contribution >= 0.6 is 12.4 Å². The molecule has 0 radical (unpaired) electrons. The lowest BCUT2D eigenvalue weighted by Crippen LogP contribution is -2.23. The van der Waals surface area contributed by atoms with Gasteiger partial charge in [0.05, 0.1) is 0 Å². The second-order valence-corrected chi connectivity index (χ2v) is 2.88. The van der Waals surface area contributed by atoms with Crippen molar-refractivity contribution in [3.8, 4) is 0 Å². The predicted octanol–water partition coefficient (Wildman–Crippen LogP) is 2.26. The zero-order chi connectivity index (χ0) is 8.10. The molecule has 0 aliphatic rings. The lowest BCUT2D eigenvalue weighted by atomic mass is 10.1. The Morgan fingerprint density at radius 2 is 1.83 bits per heavy atom. The number of rotatable bonds is 3. The van der Waals surface area contributed by atoms with E-state index in [9.17, 15) is 0 Å². The maximum atomic E-state index is 3.21. The first-order valence-corrected chi connectivity index (χ1v) is 4.04. The van der Waals surface area contributed by atoms with Gasteiger partial charge in [-0.1, -0.05) is 30.3 Å². The van der Waals surface area contributed by atoms with Gasteiger partial charge in [0.15, 0.2) is 0 Å². The Bertz CT molecular complexity index is 198. The Hall–Kier alpha value is -0.530. The Kier molecular flexibility index (Phi) is 5.77. The van der Waals surface area contributed by atoms with Gasteiger partial charge in [-0.25, -0.2) is 0 Å². The van der Waals surface area contributed by atoms with Gasteiger partial charge in [0, 0.05) is 6.04 Å². The minimum absolute atomic E-state index is 0. The second kappa shape index (κ2) is 6.04. The summed E-state index contributed by atoms with van der Waals surface area (Å²) in [4.78, 5) is 0. The molecule has 12 heavy (non-hydrogen) atoms. The van der Waals surface area contributed by atoms with Crippen molar-refractivity contribution in [3.63, 3.8) is 0 Å². The van der Waals surface area contributed by atoms with Crippen LogP contribution in [-0.2, 0) is 6.42 Å². The average Bonchev–Trinajstić information content (AvgIpc) is 2.06. The van der Waals surface area contributed by atoms with Crippen LogP contribution in [0.15, 0.2) is 30.3 Å². The summed E-state index contributed by atoms with van der Waals surface area (Å²) in [6, 6.07) is 11.1. The summed E-state index contributed by atoms with van der Waals surface area (Å²) in [7, 11) is 1.99.